The molecule has 1 atom stereocenters. The molecular weight excluding hydrogens is 346 g/mol. The lowest BCUT2D eigenvalue weighted by Gasteiger charge is -2.33. The molecule has 0 aliphatic carbocycles. The van der Waals surface area contributed by atoms with Crippen LogP contribution in [0.4, 0.5) is 14.5 Å². The molecule has 1 aliphatic heterocycles. The van der Waals surface area contributed by atoms with Crippen LogP contribution in [0.25, 0.3) is 0 Å². The number of benzene rings is 1. The third-order valence-corrected chi connectivity index (χ3v) is 5.34. The Balaban J connectivity index is 1.66. The Bertz CT molecular complexity index is 806. The fraction of sp³-hybridized carbons (Fsp3) is 0.333. The molecule has 1 amide bonds. The molecule has 1 aliphatic rings. The lowest BCUT2D eigenvalue weighted by atomic mass is 10.0. The van der Waals surface area contributed by atoms with Crippen LogP contribution in [-0.4, -0.2) is 35.7 Å². The zero-order valence-corrected chi connectivity index (χ0v) is 14.5. The Hall–Kier alpha value is -2.28. The van der Waals surface area contributed by atoms with Crippen LogP contribution in [0.15, 0.2) is 30.3 Å². The monoisotopic (exact) mass is 364 g/mol. The Kier molecular flexibility index (Phi) is 5.13. The van der Waals surface area contributed by atoms with Crippen LogP contribution in [0.1, 0.15) is 39.1 Å². The van der Waals surface area contributed by atoms with Crippen molar-refractivity contribution in [3.8, 4) is 0 Å². The van der Waals surface area contributed by atoms with E-state index in [2.05, 4.69) is 5.32 Å². The van der Waals surface area contributed by atoms with E-state index in [-0.39, 0.29) is 17.7 Å². The summed E-state index contributed by atoms with van der Waals surface area (Å²) >= 11 is 1.20. The summed E-state index contributed by atoms with van der Waals surface area (Å²) in [5.74, 6) is -1.94. The van der Waals surface area contributed by atoms with Crippen LogP contribution in [0, 0.1) is 11.6 Å². The van der Waals surface area contributed by atoms with E-state index < -0.39 is 11.6 Å². The van der Waals surface area contributed by atoms with Gasteiger partial charge in [-0.3, -0.25) is 9.59 Å². The zero-order valence-electron chi connectivity index (χ0n) is 13.7. The van der Waals surface area contributed by atoms with E-state index in [0.29, 0.717) is 28.5 Å². The van der Waals surface area contributed by atoms with Gasteiger partial charge in [0.15, 0.2) is 17.4 Å². The zero-order chi connectivity index (χ0) is 18.0. The minimum atomic E-state index is -0.899. The number of piperidine rings is 1. The molecule has 132 valence electrons. The van der Waals surface area contributed by atoms with Crippen molar-refractivity contribution in [1.29, 1.82) is 0 Å². The molecule has 7 heteroatoms. The first-order chi connectivity index (χ1) is 11.9. The minimum Gasteiger partial charge on any atom is -0.380 e. The summed E-state index contributed by atoms with van der Waals surface area (Å²) in [7, 11) is 0. The van der Waals surface area contributed by atoms with Gasteiger partial charge in [-0.15, -0.1) is 11.3 Å². The molecule has 3 rings (SSSR count). The molecule has 2 heterocycles. The summed E-state index contributed by atoms with van der Waals surface area (Å²) in [6.45, 7) is 2.59. The smallest absolute Gasteiger partial charge is 0.264 e. The van der Waals surface area contributed by atoms with Crippen molar-refractivity contribution in [3.05, 3.63) is 51.7 Å². The molecular formula is C18H18F2N2O2S. The number of hydrogen-bond acceptors (Lipinski definition) is 4. The number of rotatable bonds is 4. The summed E-state index contributed by atoms with van der Waals surface area (Å²) in [4.78, 5) is 26.8. The van der Waals surface area contributed by atoms with Crippen molar-refractivity contribution in [3.63, 3.8) is 0 Å². The SMILES string of the molecule is CC(=O)c1ccc(C(=O)N2CCC[C@H](Nc3ccc(F)c(F)c3)C2)s1. The summed E-state index contributed by atoms with van der Waals surface area (Å²) in [5.41, 5.74) is 0.494. The molecule has 4 nitrogen and oxygen atoms in total. The van der Waals surface area contributed by atoms with Crippen LogP contribution in [-0.2, 0) is 0 Å². The summed E-state index contributed by atoms with van der Waals surface area (Å²) < 4.78 is 26.3. The first-order valence-corrected chi connectivity index (χ1v) is 8.87. The van der Waals surface area contributed by atoms with Crippen molar-refractivity contribution in [2.75, 3.05) is 18.4 Å². The molecule has 0 saturated carbocycles. The molecule has 1 saturated heterocycles. The lowest BCUT2D eigenvalue weighted by Crippen LogP contribution is -2.44. The average molecular weight is 364 g/mol. The molecule has 1 N–H and O–H groups in total. The predicted octanol–water partition coefficient (Wildman–Crippen LogP) is 3.95. The molecule has 25 heavy (non-hydrogen) atoms. The normalized spacial score (nSPS) is 17.4. The van der Waals surface area contributed by atoms with Crippen LogP contribution in [0.3, 0.4) is 0 Å². The number of nitrogens with one attached hydrogen (secondary N) is 1. The number of carbonyl (C=O) groups excluding carboxylic acids is 2. The maximum absolute atomic E-state index is 13.3. The highest BCUT2D eigenvalue weighted by Gasteiger charge is 2.25. The van der Waals surface area contributed by atoms with Crippen LogP contribution in [0.5, 0.6) is 0 Å². The maximum Gasteiger partial charge on any atom is 0.264 e. The number of Topliss-reactive ketones (excluding diaryl/α,β-unsaturated/α-hetero) is 1. The second-order valence-corrected chi connectivity index (χ2v) is 7.17. The van der Waals surface area contributed by atoms with Gasteiger partial charge in [-0.1, -0.05) is 0 Å². The largest absolute Gasteiger partial charge is 0.380 e. The molecule has 0 spiro atoms. The number of ketones is 1. The van der Waals surface area contributed by atoms with Gasteiger partial charge in [0.25, 0.3) is 5.91 Å². The molecule has 1 aromatic carbocycles. The number of nitrogens with zero attached hydrogens (tertiary/aromatic N) is 1. The van der Waals surface area contributed by atoms with E-state index in [1.54, 1.807) is 17.0 Å². The molecule has 1 aromatic heterocycles. The molecule has 0 radical (unpaired) electrons. The van der Waals surface area contributed by atoms with Crippen molar-refractivity contribution in [1.82, 2.24) is 4.90 Å². The number of amides is 1. The summed E-state index contributed by atoms with van der Waals surface area (Å²) in [5, 5.41) is 3.16. The molecule has 0 unspecified atom stereocenters. The quantitative estimate of drug-likeness (QED) is 0.836. The third kappa shape index (κ3) is 4.04. The van der Waals surface area contributed by atoms with E-state index in [0.717, 1.165) is 25.0 Å². The minimum absolute atomic E-state index is 0.0326. The van der Waals surface area contributed by atoms with Crippen LogP contribution < -0.4 is 5.32 Å². The van der Waals surface area contributed by atoms with Gasteiger partial charge >= 0.3 is 0 Å². The first kappa shape index (κ1) is 17.5. The fourth-order valence-electron chi connectivity index (χ4n) is 2.90. The van der Waals surface area contributed by atoms with Crippen molar-refractivity contribution < 1.29 is 18.4 Å². The number of carbonyl (C=O) groups is 2. The Morgan fingerprint density at radius 2 is 1.92 bits per heavy atom. The Labute approximate surface area is 148 Å². The summed E-state index contributed by atoms with van der Waals surface area (Å²) in [6, 6.07) is 7.00. The fourth-order valence-corrected chi connectivity index (χ4v) is 3.77. The Morgan fingerprint density at radius 1 is 1.16 bits per heavy atom. The maximum atomic E-state index is 13.3. The highest BCUT2D eigenvalue weighted by atomic mass is 32.1. The van der Waals surface area contributed by atoms with Crippen LogP contribution in [0.2, 0.25) is 0 Å². The van der Waals surface area contributed by atoms with Gasteiger partial charge in [0.1, 0.15) is 0 Å². The molecule has 2 aromatic rings. The van der Waals surface area contributed by atoms with Gasteiger partial charge < -0.3 is 10.2 Å². The van der Waals surface area contributed by atoms with E-state index >= 15 is 0 Å². The highest BCUT2D eigenvalue weighted by Crippen LogP contribution is 2.23. The van der Waals surface area contributed by atoms with Gasteiger partial charge in [0.2, 0.25) is 0 Å². The highest BCUT2D eigenvalue weighted by molar-refractivity contribution is 7.15. The first-order valence-electron chi connectivity index (χ1n) is 8.05. The average Bonchev–Trinajstić information content (AvgIpc) is 3.08. The van der Waals surface area contributed by atoms with Crippen molar-refractivity contribution in [2.24, 2.45) is 0 Å². The lowest BCUT2D eigenvalue weighted by molar-refractivity contribution is 0.0719. The number of halogens is 2. The van der Waals surface area contributed by atoms with Gasteiger partial charge in [-0.25, -0.2) is 8.78 Å². The number of anilines is 1. The second-order valence-electron chi connectivity index (χ2n) is 6.08. The number of thiophene rings is 1. The van der Waals surface area contributed by atoms with Gasteiger partial charge in [0, 0.05) is 30.9 Å². The van der Waals surface area contributed by atoms with Gasteiger partial charge in [-0.2, -0.15) is 0 Å². The summed E-state index contributed by atoms with van der Waals surface area (Å²) in [6.07, 6.45) is 1.66. The predicted molar refractivity (Wildman–Crippen MR) is 93.2 cm³/mol. The molecule has 0 bridgehead atoms. The van der Waals surface area contributed by atoms with Crippen molar-refractivity contribution >= 4 is 28.7 Å². The van der Waals surface area contributed by atoms with E-state index in [9.17, 15) is 18.4 Å². The molecule has 1 fully saturated rings. The van der Waals surface area contributed by atoms with E-state index in [4.69, 9.17) is 0 Å². The van der Waals surface area contributed by atoms with Crippen LogP contribution >= 0.6 is 11.3 Å². The number of hydrogen-bond donors (Lipinski definition) is 1. The van der Waals surface area contributed by atoms with Crippen molar-refractivity contribution in [2.45, 2.75) is 25.8 Å². The van der Waals surface area contributed by atoms with E-state index in [1.807, 2.05) is 0 Å². The number of likely N-dealkylation sites (tertiary alicyclic amines) is 1. The van der Waals surface area contributed by atoms with Gasteiger partial charge in [0.05, 0.1) is 9.75 Å². The second kappa shape index (κ2) is 7.31. The van der Waals surface area contributed by atoms with E-state index in [1.165, 1.54) is 24.3 Å². The Morgan fingerprint density at radius 3 is 2.60 bits per heavy atom. The standard InChI is InChI=1S/C18H18F2N2O2S/c1-11(23)16-6-7-17(25-16)18(24)22-8-2-3-13(10-22)21-12-4-5-14(19)15(20)9-12/h4-7,9,13,21H,2-3,8,10H2,1H3/t13-/m0/s1. The topological polar surface area (TPSA) is 49.4 Å². The third-order valence-electron chi connectivity index (χ3n) is 4.16. The van der Waals surface area contributed by atoms with Gasteiger partial charge in [-0.05, 0) is 44.0 Å².